The van der Waals surface area contributed by atoms with Gasteiger partial charge >= 0.3 is 0 Å². The third kappa shape index (κ3) is 2.39. The number of hydrogen-bond acceptors (Lipinski definition) is 3. The molecule has 2 aromatic rings. The maximum Gasteiger partial charge on any atom is 0.146 e. The van der Waals surface area contributed by atoms with Gasteiger partial charge in [-0.1, -0.05) is 12.1 Å². The van der Waals surface area contributed by atoms with E-state index < -0.39 is 0 Å². The zero-order chi connectivity index (χ0) is 14.9. The molecule has 0 aromatic heterocycles. The minimum atomic E-state index is -0.125. The molecule has 3 nitrogen and oxygen atoms in total. The van der Waals surface area contributed by atoms with Gasteiger partial charge in [0.05, 0.1) is 5.69 Å². The third-order valence-corrected chi connectivity index (χ3v) is 4.64. The van der Waals surface area contributed by atoms with Crippen LogP contribution in [0.2, 0.25) is 0 Å². The van der Waals surface area contributed by atoms with Gasteiger partial charge in [-0.2, -0.15) is 0 Å². The van der Waals surface area contributed by atoms with E-state index in [0.29, 0.717) is 0 Å². The summed E-state index contributed by atoms with van der Waals surface area (Å²) in [4.78, 5) is 4.54. The van der Waals surface area contributed by atoms with Gasteiger partial charge in [-0.25, -0.2) is 4.39 Å². The van der Waals surface area contributed by atoms with Crippen molar-refractivity contribution in [1.82, 2.24) is 0 Å². The summed E-state index contributed by atoms with van der Waals surface area (Å²) in [6.07, 6.45) is 1.11. The van der Waals surface area contributed by atoms with Crippen LogP contribution in [0.4, 0.5) is 21.5 Å². The smallest absolute Gasteiger partial charge is 0.146 e. The van der Waals surface area contributed by atoms with E-state index in [4.69, 9.17) is 0 Å². The highest BCUT2D eigenvalue weighted by molar-refractivity contribution is 5.63. The Morgan fingerprint density at radius 1 is 0.909 bits per heavy atom. The minimum absolute atomic E-state index is 0.125. The number of benzene rings is 2. The van der Waals surface area contributed by atoms with Crippen molar-refractivity contribution >= 4 is 17.1 Å². The van der Waals surface area contributed by atoms with Gasteiger partial charge in [-0.05, 0) is 42.3 Å². The lowest BCUT2D eigenvalue weighted by Crippen LogP contribution is -2.46. The molecular formula is C18H20FN3. The van der Waals surface area contributed by atoms with Crippen molar-refractivity contribution in [2.75, 3.05) is 47.8 Å². The van der Waals surface area contributed by atoms with Crippen LogP contribution in [0.5, 0.6) is 0 Å². The fourth-order valence-electron chi connectivity index (χ4n) is 3.40. The molecule has 0 bridgehead atoms. The predicted octanol–water partition coefficient (Wildman–Crippen LogP) is 3.12. The number of hydrogen-bond donors (Lipinski definition) is 1. The molecule has 1 fully saturated rings. The average molecular weight is 297 g/mol. The lowest BCUT2D eigenvalue weighted by Gasteiger charge is -2.37. The molecule has 0 unspecified atom stereocenters. The number of para-hydroxylation sites is 1. The summed E-state index contributed by atoms with van der Waals surface area (Å²) in [5, 5.41) is 3.40. The van der Waals surface area contributed by atoms with E-state index in [1.807, 2.05) is 12.1 Å². The maximum atomic E-state index is 13.9. The Balaban J connectivity index is 1.47. The molecule has 2 aliphatic rings. The Labute approximate surface area is 130 Å². The summed E-state index contributed by atoms with van der Waals surface area (Å²) in [5.41, 5.74) is 4.69. The molecule has 0 amide bonds. The number of anilines is 3. The molecule has 2 aliphatic heterocycles. The van der Waals surface area contributed by atoms with Crippen LogP contribution in [0.1, 0.15) is 5.56 Å². The van der Waals surface area contributed by atoms with Gasteiger partial charge in [0, 0.05) is 44.1 Å². The van der Waals surface area contributed by atoms with Gasteiger partial charge in [-0.15, -0.1) is 0 Å². The van der Waals surface area contributed by atoms with Gasteiger partial charge in [-0.3, -0.25) is 0 Å². The number of piperazine rings is 1. The number of fused-ring (bicyclic) bond motifs is 1. The molecule has 114 valence electrons. The molecule has 0 spiro atoms. The van der Waals surface area contributed by atoms with Crippen molar-refractivity contribution in [3.05, 3.63) is 53.8 Å². The first-order chi connectivity index (χ1) is 10.8. The van der Waals surface area contributed by atoms with Crippen molar-refractivity contribution < 1.29 is 4.39 Å². The fraction of sp³-hybridized carbons (Fsp3) is 0.333. The molecule has 0 radical (unpaired) electrons. The van der Waals surface area contributed by atoms with E-state index in [9.17, 15) is 4.39 Å². The zero-order valence-electron chi connectivity index (χ0n) is 12.6. The topological polar surface area (TPSA) is 18.5 Å². The zero-order valence-corrected chi connectivity index (χ0v) is 12.6. The summed E-state index contributed by atoms with van der Waals surface area (Å²) in [5.74, 6) is -0.125. The first kappa shape index (κ1) is 13.4. The Kier molecular flexibility index (Phi) is 3.37. The molecule has 1 saturated heterocycles. The monoisotopic (exact) mass is 297 g/mol. The molecule has 0 atom stereocenters. The van der Waals surface area contributed by atoms with Gasteiger partial charge in [0.15, 0.2) is 0 Å². The van der Waals surface area contributed by atoms with Crippen LogP contribution in [0.3, 0.4) is 0 Å². The lowest BCUT2D eigenvalue weighted by molar-refractivity contribution is 0.598. The van der Waals surface area contributed by atoms with E-state index in [1.54, 1.807) is 6.07 Å². The van der Waals surface area contributed by atoms with Gasteiger partial charge in [0.2, 0.25) is 0 Å². The summed E-state index contributed by atoms with van der Waals surface area (Å²) in [6, 6.07) is 13.7. The predicted molar refractivity (Wildman–Crippen MR) is 89.5 cm³/mol. The van der Waals surface area contributed by atoms with Crippen LogP contribution in [0.25, 0.3) is 0 Å². The quantitative estimate of drug-likeness (QED) is 0.919. The Hall–Kier alpha value is -2.23. The minimum Gasteiger partial charge on any atom is -0.384 e. The maximum absolute atomic E-state index is 13.9. The fourth-order valence-corrected chi connectivity index (χ4v) is 3.40. The van der Waals surface area contributed by atoms with E-state index in [1.165, 1.54) is 23.0 Å². The highest BCUT2D eigenvalue weighted by Gasteiger charge is 2.20. The van der Waals surface area contributed by atoms with Crippen molar-refractivity contribution in [2.45, 2.75) is 6.42 Å². The van der Waals surface area contributed by atoms with Crippen LogP contribution in [0, 0.1) is 5.82 Å². The summed E-state index contributed by atoms with van der Waals surface area (Å²) in [6.45, 7) is 4.62. The molecule has 0 aliphatic carbocycles. The van der Waals surface area contributed by atoms with E-state index in [-0.39, 0.29) is 5.82 Å². The van der Waals surface area contributed by atoms with Crippen LogP contribution in [-0.2, 0) is 6.42 Å². The largest absolute Gasteiger partial charge is 0.384 e. The second-order valence-electron chi connectivity index (χ2n) is 5.94. The van der Waals surface area contributed by atoms with Crippen LogP contribution in [-0.4, -0.2) is 32.7 Å². The molecule has 4 rings (SSSR count). The molecule has 22 heavy (non-hydrogen) atoms. The SMILES string of the molecule is Fc1ccccc1N1CCN(c2ccc3c(c2)CCN3)CC1. The first-order valence-electron chi connectivity index (χ1n) is 7.92. The van der Waals surface area contributed by atoms with Crippen LogP contribution in [0.15, 0.2) is 42.5 Å². The standard InChI is InChI=1S/C18H20FN3/c19-16-3-1-2-4-18(16)22-11-9-21(10-12-22)15-5-6-17-14(13-15)7-8-20-17/h1-6,13,20H,7-12H2. The van der Waals surface area contributed by atoms with E-state index >= 15 is 0 Å². The van der Waals surface area contributed by atoms with Crippen LogP contribution >= 0.6 is 0 Å². The molecule has 0 saturated carbocycles. The number of rotatable bonds is 2. The molecule has 1 N–H and O–H groups in total. The normalized spacial score (nSPS) is 17.3. The first-order valence-corrected chi connectivity index (χ1v) is 7.92. The highest BCUT2D eigenvalue weighted by atomic mass is 19.1. The second-order valence-corrected chi connectivity index (χ2v) is 5.94. The average Bonchev–Trinajstić information content (AvgIpc) is 3.03. The lowest BCUT2D eigenvalue weighted by atomic mass is 10.1. The molecule has 2 aromatic carbocycles. The van der Waals surface area contributed by atoms with Crippen LogP contribution < -0.4 is 15.1 Å². The van der Waals surface area contributed by atoms with Crippen molar-refractivity contribution in [3.63, 3.8) is 0 Å². The second kappa shape index (κ2) is 5.52. The number of nitrogens with one attached hydrogen (secondary N) is 1. The van der Waals surface area contributed by atoms with E-state index in [2.05, 4.69) is 33.3 Å². The molecule has 4 heteroatoms. The Morgan fingerprint density at radius 2 is 1.68 bits per heavy atom. The van der Waals surface area contributed by atoms with Gasteiger partial charge in [0.25, 0.3) is 0 Å². The summed E-state index contributed by atoms with van der Waals surface area (Å²) < 4.78 is 13.9. The molecular weight excluding hydrogens is 277 g/mol. The Morgan fingerprint density at radius 3 is 2.50 bits per heavy atom. The van der Waals surface area contributed by atoms with Gasteiger partial charge in [0.1, 0.15) is 5.82 Å². The third-order valence-electron chi connectivity index (χ3n) is 4.64. The Bertz CT molecular complexity index is 678. The van der Waals surface area contributed by atoms with E-state index in [0.717, 1.165) is 44.8 Å². The van der Waals surface area contributed by atoms with Crippen molar-refractivity contribution in [1.29, 1.82) is 0 Å². The number of nitrogens with zero attached hydrogens (tertiary/aromatic N) is 2. The van der Waals surface area contributed by atoms with Gasteiger partial charge < -0.3 is 15.1 Å². The van der Waals surface area contributed by atoms with Crippen molar-refractivity contribution in [2.24, 2.45) is 0 Å². The summed E-state index contributed by atoms with van der Waals surface area (Å²) in [7, 11) is 0. The highest BCUT2D eigenvalue weighted by Crippen LogP contribution is 2.28. The molecule has 2 heterocycles. The number of halogens is 1. The summed E-state index contributed by atoms with van der Waals surface area (Å²) >= 11 is 0. The van der Waals surface area contributed by atoms with Crippen molar-refractivity contribution in [3.8, 4) is 0 Å².